The van der Waals surface area contributed by atoms with Crippen molar-refractivity contribution in [2.24, 2.45) is 4.99 Å². The fourth-order valence-corrected chi connectivity index (χ4v) is 1.51. The first-order valence-electron chi connectivity index (χ1n) is 5.90. The van der Waals surface area contributed by atoms with Crippen molar-refractivity contribution >= 4 is 22.1 Å². The first-order chi connectivity index (χ1) is 8.88. The molecule has 110 valence electrons. The van der Waals surface area contributed by atoms with Gasteiger partial charge in [-0.2, -0.15) is 0 Å². The van der Waals surface area contributed by atoms with Crippen LogP contribution in [0.1, 0.15) is 12.8 Å². The van der Waals surface area contributed by atoms with E-state index in [1.807, 2.05) is 0 Å². The molecule has 0 rings (SSSR count). The predicted octanol–water partition coefficient (Wildman–Crippen LogP) is -0.464. The second-order valence-electron chi connectivity index (χ2n) is 3.92. The Balaban J connectivity index is 3.62. The van der Waals surface area contributed by atoms with E-state index in [9.17, 15) is 13.2 Å². The summed E-state index contributed by atoms with van der Waals surface area (Å²) in [5.74, 6) is -0.0890. The average Bonchev–Trinajstić information content (AvgIpc) is 2.34. The largest absolute Gasteiger partial charge is 0.390 e. The summed E-state index contributed by atoms with van der Waals surface area (Å²) in [4.78, 5) is 14.7. The number of hydrogen-bond acceptors (Lipinski definition) is 5. The molecule has 0 fully saturated rings. The molecule has 8 heteroatoms. The number of sulfonamides is 1. The summed E-state index contributed by atoms with van der Waals surface area (Å²) in [5.41, 5.74) is 0. The van der Waals surface area contributed by atoms with Gasteiger partial charge in [-0.25, -0.2) is 12.7 Å². The maximum Gasteiger partial charge on any atom is 0.225 e. The van der Waals surface area contributed by atoms with E-state index in [0.717, 1.165) is 0 Å². The van der Waals surface area contributed by atoms with E-state index in [1.54, 1.807) is 26.5 Å². The molecule has 7 nitrogen and oxygen atoms in total. The van der Waals surface area contributed by atoms with Gasteiger partial charge < -0.3 is 10.6 Å². The Labute approximate surface area is 114 Å². The zero-order valence-corrected chi connectivity index (χ0v) is 12.4. The number of nitrogens with zero attached hydrogens (tertiary/aromatic N) is 2. The molecule has 0 aliphatic carbocycles. The Hall–Kier alpha value is -1.41. The maximum atomic E-state index is 11.1. The highest BCUT2D eigenvalue weighted by molar-refractivity contribution is 7.88. The summed E-state index contributed by atoms with van der Waals surface area (Å²) in [6.45, 7) is 1.13. The third-order valence-electron chi connectivity index (χ3n) is 2.30. The Morgan fingerprint density at radius 2 is 2.11 bits per heavy atom. The predicted molar refractivity (Wildman–Crippen MR) is 76.4 cm³/mol. The first-order valence-corrected chi connectivity index (χ1v) is 7.74. The van der Waals surface area contributed by atoms with E-state index in [2.05, 4.69) is 15.6 Å². The van der Waals surface area contributed by atoms with Crippen LogP contribution < -0.4 is 10.6 Å². The number of carbonyl (C=O) groups excluding carboxylic acids is 1. The minimum Gasteiger partial charge on any atom is -0.390 e. The number of nitrogens with one attached hydrogen (secondary N) is 2. The van der Waals surface area contributed by atoms with Crippen molar-refractivity contribution < 1.29 is 13.2 Å². The van der Waals surface area contributed by atoms with Gasteiger partial charge in [0.15, 0.2) is 0 Å². The van der Waals surface area contributed by atoms with Gasteiger partial charge in [0, 0.05) is 45.8 Å². The molecule has 0 aromatic carbocycles. The normalized spacial score (nSPS) is 12.4. The quantitative estimate of drug-likeness (QED) is 0.444. The molecule has 0 saturated carbocycles. The van der Waals surface area contributed by atoms with Crippen LogP contribution >= 0.6 is 0 Å². The molecular weight excluding hydrogens is 268 g/mol. The third kappa shape index (κ3) is 10.2. The van der Waals surface area contributed by atoms with Gasteiger partial charge in [0.2, 0.25) is 15.9 Å². The van der Waals surface area contributed by atoms with Crippen LogP contribution in [0.4, 0.5) is 0 Å². The number of rotatable bonds is 9. The SMILES string of the molecule is CNC(=O)C/C=N\C=C\NCCCN(C)S(C)(=O)=O. The van der Waals surface area contributed by atoms with Crippen LogP contribution in [-0.2, 0) is 14.8 Å². The van der Waals surface area contributed by atoms with Crippen molar-refractivity contribution in [3.05, 3.63) is 12.4 Å². The Morgan fingerprint density at radius 1 is 1.42 bits per heavy atom. The van der Waals surface area contributed by atoms with Crippen LogP contribution in [-0.4, -0.2) is 58.3 Å². The Morgan fingerprint density at radius 3 is 2.68 bits per heavy atom. The summed E-state index contributed by atoms with van der Waals surface area (Å²) in [7, 11) is 0.0282. The van der Waals surface area contributed by atoms with Gasteiger partial charge in [-0.1, -0.05) is 0 Å². The molecule has 0 aromatic heterocycles. The van der Waals surface area contributed by atoms with Gasteiger partial charge in [-0.3, -0.25) is 9.79 Å². The van der Waals surface area contributed by atoms with E-state index < -0.39 is 10.0 Å². The number of amides is 1. The number of aliphatic imine (C=N–C) groups is 1. The van der Waals surface area contributed by atoms with E-state index in [-0.39, 0.29) is 12.3 Å². The lowest BCUT2D eigenvalue weighted by molar-refractivity contribution is -0.119. The van der Waals surface area contributed by atoms with Gasteiger partial charge in [-0.05, 0) is 6.42 Å². The molecule has 19 heavy (non-hydrogen) atoms. The lowest BCUT2D eigenvalue weighted by atomic mass is 10.4. The van der Waals surface area contributed by atoms with Crippen LogP contribution in [0.25, 0.3) is 0 Å². The van der Waals surface area contributed by atoms with Crippen molar-refractivity contribution in [2.45, 2.75) is 12.8 Å². The second-order valence-corrected chi connectivity index (χ2v) is 6.01. The molecule has 2 N–H and O–H groups in total. The fraction of sp³-hybridized carbons (Fsp3) is 0.636. The highest BCUT2D eigenvalue weighted by Gasteiger charge is 2.08. The molecule has 0 saturated heterocycles. The lowest BCUT2D eigenvalue weighted by Crippen LogP contribution is -2.28. The van der Waals surface area contributed by atoms with Crippen molar-refractivity contribution in [2.75, 3.05) is 33.4 Å². The van der Waals surface area contributed by atoms with E-state index in [0.29, 0.717) is 19.5 Å². The van der Waals surface area contributed by atoms with Gasteiger partial charge in [0.1, 0.15) is 0 Å². The van der Waals surface area contributed by atoms with Crippen molar-refractivity contribution in [3.8, 4) is 0 Å². The maximum absolute atomic E-state index is 11.1. The highest BCUT2D eigenvalue weighted by atomic mass is 32.2. The van der Waals surface area contributed by atoms with Crippen LogP contribution in [0.2, 0.25) is 0 Å². The molecular formula is C11H22N4O3S. The fourth-order valence-electron chi connectivity index (χ4n) is 1.05. The van der Waals surface area contributed by atoms with Crippen molar-refractivity contribution in [3.63, 3.8) is 0 Å². The van der Waals surface area contributed by atoms with E-state index >= 15 is 0 Å². The molecule has 0 aliphatic rings. The highest BCUT2D eigenvalue weighted by Crippen LogP contribution is 1.93. The number of hydrogen-bond donors (Lipinski definition) is 2. The summed E-state index contributed by atoms with van der Waals surface area (Å²) in [6, 6.07) is 0. The average molecular weight is 290 g/mol. The van der Waals surface area contributed by atoms with Crippen molar-refractivity contribution in [1.29, 1.82) is 0 Å². The smallest absolute Gasteiger partial charge is 0.225 e. The second kappa shape index (κ2) is 9.51. The zero-order valence-electron chi connectivity index (χ0n) is 11.6. The van der Waals surface area contributed by atoms with Gasteiger partial charge in [-0.15, -0.1) is 0 Å². The van der Waals surface area contributed by atoms with Gasteiger partial charge in [0.25, 0.3) is 0 Å². The van der Waals surface area contributed by atoms with Crippen LogP contribution in [0.3, 0.4) is 0 Å². The topological polar surface area (TPSA) is 90.9 Å². The summed E-state index contributed by atoms with van der Waals surface area (Å²) in [6.07, 6.45) is 6.84. The summed E-state index contributed by atoms with van der Waals surface area (Å²) in [5, 5.41) is 5.46. The monoisotopic (exact) mass is 290 g/mol. The Bertz CT molecular complexity index is 418. The molecule has 0 aromatic rings. The molecule has 1 amide bonds. The number of carbonyl (C=O) groups is 1. The minimum atomic E-state index is -3.09. The molecule has 0 spiro atoms. The summed E-state index contributed by atoms with van der Waals surface area (Å²) >= 11 is 0. The van der Waals surface area contributed by atoms with Gasteiger partial charge >= 0.3 is 0 Å². The first kappa shape index (κ1) is 17.6. The lowest BCUT2D eigenvalue weighted by Gasteiger charge is -2.13. The van der Waals surface area contributed by atoms with Crippen LogP contribution in [0.5, 0.6) is 0 Å². The van der Waals surface area contributed by atoms with Crippen LogP contribution in [0, 0.1) is 0 Å². The third-order valence-corrected chi connectivity index (χ3v) is 3.61. The molecule has 0 bridgehead atoms. The molecule has 0 heterocycles. The summed E-state index contributed by atoms with van der Waals surface area (Å²) < 4.78 is 23.5. The van der Waals surface area contributed by atoms with E-state index in [1.165, 1.54) is 16.8 Å². The standard InChI is InChI=1S/C11H22N4O3S/c1-12-11(16)5-7-14-9-8-13-6-4-10-15(2)19(3,17)18/h7-9,13H,4-6,10H2,1-3H3,(H,12,16)/b9-8+,14-7-. The Kier molecular flexibility index (Phi) is 8.81. The zero-order chi connectivity index (χ0) is 14.7. The van der Waals surface area contributed by atoms with E-state index in [4.69, 9.17) is 0 Å². The molecule has 0 radical (unpaired) electrons. The van der Waals surface area contributed by atoms with Crippen LogP contribution in [0.15, 0.2) is 17.4 Å². The van der Waals surface area contributed by atoms with Gasteiger partial charge in [0.05, 0.1) is 12.7 Å². The van der Waals surface area contributed by atoms with Crippen molar-refractivity contribution in [1.82, 2.24) is 14.9 Å². The molecule has 0 unspecified atom stereocenters. The molecule has 0 atom stereocenters. The minimum absolute atomic E-state index is 0.0890. The molecule has 0 aliphatic heterocycles.